The van der Waals surface area contributed by atoms with Crippen LogP contribution < -0.4 is 10.5 Å². The first kappa shape index (κ1) is 18.1. The van der Waals surface area contributed by atoms with Crippen LogP contribution in [0.25, 0.3) is 10.9 Å². The van der Waals surface area contributed by atoms with Crippen LogP contribution in [0.15, 0.2) is 24.4 Å². The van der Waals surface area contributed by atoms with E-state index >= 15 is 0 Å². The maximum Gasteiger partial charge on any atom is 0.310 e. The monoisotopic (exact) mass is 334 g/mol. The van der Waals surface area contributed by atoms with Crippen molar-refractivity contribution in [3.05, 3.63) is 35.8 Å². The number of fused-ring (bicyclic) bond motifs is 1. The summed E-state index contributed by atoms with van der Waals surface area (Å²) in [7, 11) is 1.55. The first-order valence-electron chi connectivity index (χ1n) is 8.06. The number of hydrogen-bond acceptors (Lipinski definition) is 5. The maximum absolute atomic E-state index is 14.6. The van der Waals surface area contributed by atoms with Crippen molar-refractivity contribution >= 4 is 16.9 Å². The Morgan fingerprint density at radius 3 is 2.71 bits per heavy atom. The molecule has 2 aromatic rings. The smallest absolute Gasteiger partial charge is 0.310 e. The van der Waals surface area contributed by atoms with Gasteiger partial charge in [-0.3, -0.25) is 9.78 Å². The Labute approximate surface area is 141 Å². The summed E-state index contributed by atoms with van der Waals surface area (Å²) in [4.78, 5) is 16.4. The van der Waals surface area contributed by atoms with E-state index in [-0.39, 0.29) is 13.2 Å². The predicted octanol–water partition coefficient (Wildman–Crippen LogP) is 3.01. The zero-order valence-electron chi connectivity index (χ0n) is 14.2. The first-order chi connectivity index (χ1) is 11.6. The van der Waals surface area contributed by atoms with Crippen LogP contribution in [0.2, 0.25) is 0 Å². The van der Waals surface area contributed by atoms with Crippen LogP contribution in [0.3, 0.4) is 0 Å². The highest BCUT2D eigenvalue weighted by Crippen LogP contribution is 2.36. The van der Waals surface area contributed by atoms with Gasteiger partial charge in [-0.15, -0.1) is 0 Å². The summed E-state index contributed by atoms with van der Waals surface area (Å²) in [6, 6.07) is 5.28. The van der Waals surface area contributed by atoms with Crippen LogP contribution in [-0.4, -0.2) is 31.2 Å². The molecule has 2 atom stereocenters. The van der Waals surface area contributed by atoms with E-state index in [1.165, 1.54) is 6.20 Å². The summed E-state index contributed by atoms with van der Waals surface area (Å²) in [5, 5.41) is 0.629. The number of ether oxygens (including phenoxy) is 2. The molecule has 0 radical (unpaired) electrons. The van der Waals surface area contributed by atoms with Gasteiger partial charge in [0.25, 0.3) is 0 Å². The fraction of sp³-hybridized carbons (Fsp3) is 0.444. The van der Waals surface area contributed by atoms with Crippen molar-refractivity contribution in [1.29, 1.82) is 0 Å². The Kier molecular flexibility index (Phi) is 6.09. The van der Waals surface area contributed by atoms with Crippen LogP contribution in [0.1, 0.15) is 31.7 Å². The number of methoxy groups -OCH3 is 1. The van der Waals surface area contributed by atoms with Crippen LogP contribution in [-0.2, 0) is 9.53 Å². The molecular formula is C18H23FN2O3. The average Bonchev–Trinajstić information content (AvgIpc) is 2.59. The lowest BCUT2D eigenvalue weighted by Crippen LogP contribution is -2.31. The van der Waals surface area contributed by atoms with Crippen LogP contribution in [0.5, 0.6) is 5.75 Å². The Morgan fingerprint density at radius 1 is 1.38 bits per heavy atom. The minimum Gasteiger partial charge on any atom is -0.497 e. The summed E-state index contributed by atoms with van der Waals surface area (Å²) in [6.45, 7) is 3.99. The molecule has 6 heteroatoms. The zero-order chi connectivity index (χ0) is 17.7. The lowest BCUT2D eigenvalue weighted by atomic mass is 9.82. The molecule has 0 amide bonds. The fourth-order valence-corrected chi connectivity index (χ4v) is 3.04. The molecular weight excluding hydrogens is 311 g/mol. The molecule has 2 unspecified atom stereocenters. The van der Waals surface area contributed by atoms with Crippen molar-refractivity contribution in [3.8, 4) is 5.75 Å². The molecule has 0 aliphatic heterocycles. The van der Waals surface area contributed by atoms with Gasteiger partial charge in [0.05, 0.1) is 31.3 Å². The molecule has 1 aromatic carbocycles. The molecule has 0 aliphatic rings. The van der Waals surface area contributed by atoms with Gasteiger partial charge in [-0.05, 0) is 31.5 Å². The average molecular weight is 334 g/mol. The van der Waals surface area contributed by atoms with Gasteiger partial charge >= 0.3 is 5.97 Å². The van der Waals surface area contributed by atoms with E-state index in [0.29, 0.717) is 28.6 Å². The second-order valence-electron chi connectivity index (χ2n) is 5.51. The summed E-state index contributed by atoms with van der Waals surface area (Å²) in [6.07, 6.45) is 1.74. The summed E-state index contributed by atoms with van der Waals surface area (Å²) in [5.41, 5.74) is 6.88. The van der Waals surface area contributed by atoms with E-state index in [0.717, 1.165) is 0 Å². The third-order valence-electron chi connectivity index (χ3n) is 4.21. The molecule has 130 valence electrons. The number of halogens is 1. The van der Waals surface area contributed by atoms with Crippen molar-refractivity contribution in [2.45, 2.75) is 26.2 Å². The summed E-state index contributed by atoms with van der Waals surface area (Å²) < 4.78 is 25.0. The number of hydrogen-bond donors (Lipinski definition) is 1. The molecule has 0 aliphatic carbocycles. The largest absolute Gasteiger partial charge is 0.497 e. The quantitative estimate of drug-likeness (QED) is 0.788. The highest BCUT2D eigenvalue weighted by Gasteiger charge is 2.31. The van der Waals surface area contributed by atoms with Crippen LogP contribution in [0.4, 0.5) is 4.39 Å². The SMILES string of the molecule is CCOC(=O)C(CN)C(CC)c1c(F)cnc2ccc(OC)cc12. The highest BCUT2D eigenvalue weighted by molar-refractivity contribution is 5.85. The third kappa shape index (κ3) is 3.48. The minimum absolute atomic E-state index is 0.0879. The van der Waals surface area contributed by atoms with Gasteiger partial charge in [-0.1, -0.05) is 6.92 Å². The van der Waals surface area contributed by atoms with E-state index in [9.17, 15) is 9.18 Å². The lowest BCUT2D eigenvalue weighted by Gasteiger charge is -2.25. The van der Waals surface area contributed by atoms with Crippen molar-refractivity contribution < 1.29 is 18.7 Å². The Hall–Kier alpha value is -2.21. The predicted molar refractivity (Wildman–Crippen MR) is 90.5 cm³/mol. The Morgan fingerprint density at radius 2 is 2.12 bits per heavy atom. The summed E-state index contributed by atoms with van der Waals surface area (Å²) >= 11 is 0. The number of pyridine rings is 1. The van der Waals surface area contributed by atoms with E-state index in [4.69, 9.17) is 15.2 Å². The second kappa shape index (κ2) is 8.06. The van der Waals surface area contributed by atoms with E-state index in [1.54, 1.807) is 32.2 Å². The molecule has 0 fully saturated rings. The van der Waals surface area contributed by atoms with Crippen molar-refractivity contribution in [2.75, 3.05) is 20.3 Å². The highest BCUT2D eigenvalue weighted by atomic mass is 19.1. The lowest BCUT2D eigenvalue weighted by molar-refractivity contribution is -0.148. The first-order valence-corrected chi connectivity index (χ1v) is 8.06. The number of nitrogens with zero attached hydrogens (tertiary/aromatic N) is 1. The number of esters is 1. The molecule has 24 heavy (non-hydrogen) atoms. The second-order valence-corrected chi connectivity index (χ2v) is 5.51. The number of aromatic nitrogens is 1. The maximum atomic E-state index is 14.6. The number of carbonyl (C=O) groups excluding carboxylic acids is 1. The third-order valence-corrected chi connectivity index (χ3v) is 4.21. The standard InChI is InChI=1S/C18H23FN2O3/c1-4-12(14(9-20)18(22)24-5-2)17-13-8-11(23-3)6-7-16(13)21-10-15(17)19/h6-8,10,12,14H,4-5,9,20H2,1-3H3. The van der Waals surface area contributed by atoms with Gasteiger partial charge in [0.2, 0.25) is 0 Å². The van der Waals surface area contributed by atoms with Crippen molar-refractivity contribution in [1.82, 2.24) is 4.98 Å². The molecule has 2 rings (SSSR count). The van der Waals surface area contributed by atoms with Crippen molar-refractivity contribution in [3.63, 3.8) is 0 Å². The molecule has 0 spiro atoms. The van der Waals surface area contributed by atoms with Crippen LogP contribution >= 0.6 is 0 Å². The molecule has 0 bridgehead atoms. The van der Waals surface area contributed by atoms with Gasteiger partial charge in [0.1, 0.15) is 11.6 Å². The zero-order valence-corrected chi connectivity index (χ0v) is 14.2. The molecule has 5 nitrogen and oxygen atoms in total. The molecule has 1 aromatic heterocycles. The molecule has 0 saturated carbocycles. The normalized spacial score (nSPS) is 13.5. The van der Waals surface area contributed by atoms with Gasteiger partial charge in [-0.2, -0.15) is 0 Å². The van der Waals surface area contributed by atoms with Crippen molar-refractivity contribution in [2.24, 2.45) is 11.7 Å². The number of benzene rings is 1. The molecule has 2 N–H and O–H groups in total. The summed E-state index contributed by atoms with van der Waals surface area (Å²) in [5.74, 6) is -1.26. The number of carbonyl (C=O) groups is 1. The number of nitrogens with two attached hydrogens (primary N) is 1. The van der Waals surface area contributed by atoms with Gasteiger partial charge < -0.3 is 15.2 Å². The Balaban J connectivity index is 2.61. The Bertz CT molecular complexity index is 721. The van der Waals surface area contributed by atoms with E-state index in [1.807, 2.05) is 6.92 Å². The fourth-order valence-electron chi connectivity index (χ4n) is 3.04. The number of rotatable bonds is 7. The van der Waals surface area contributed by atoms with Crippen LogP contribution in [0, 0.1) is 11.7 Å². The van der Waals surface area contributed by atoms with Gasteiger partial charge in [0.15, 0.2) is 0 Å². The topological polar surface area (TPSA) is 74.4 Å². The molecule has 1 heterocycles. The molecule has 0 saturated heterocycles. The van der Waals surface area contributed by atoms with E-state index < -0.39 is 23.6 Å². The van der Waals surface area contributed by atoms with E-state index in [2.05, 4.69) is 4.98 Å². The van der Waals surface area contributed by atoms with Gasteiger partial charge in [0, 0.05) is 23.4 Å². The minimum atomic E-state index is -0.610. The van der Waals surface area contributed by atoms with Gasteiger partial charge in [-0.25, -0.2) is 4.39 Å².